The van der Waals surface area contributed by atoms with Crippen molar-refractivity contribution in [1.29, 1.82) is 0 Å². The van der Waals surface area contributed by atoms with Gasteiger partial charge in [-0.3, -0.25) is 9.59 Å². The minimum absolute atomic E-state index is 0.0316. The van der Waals surface area contributed by atoms with Gasteiger partial charge in [-0.1, -0.05) is 0 Å². The Morgan fingerprint density at radius 1 is 1.21 bits per heavy atom. The molecule has 7 nitrogen and oxygen atoms in total. The van der Waals surface area contributed by atoms with Crippen molar-refractivity contribution < 1.29 is 9.59 Å². The standard InChI is InChI=1S/C17H15N5O2/c23-15-3-1-2-14-16(15)13(8-19-14)17(24)21-11-4-6-12(7-5-11)22-10-18-9-20-22/h4-10,19H,1-3H2,(H,21,24). The number of carbonyl (C=O) groups excluding carboxylic acids is 2. The molecule has 2 heterocycles. The number of Topliss-reactive ketones (excluding diaryl/α,β-unsaturated/α-hetero) is 1. The summed E-state index contributed by atoms with van der Waals surface area (Å²) in [7, 11) is 0. The van der Waals surface area contributed by atoms with Crippen molar-refractivity contribution in [3.05, 3.63) is 59.9 Å². The van der Waals surface area contributed by atoms with Gasteiger partial charge >= 0.3 is 0 Å². The molecule has 0 saturated heterocycles. The number of aromatic nitrogens is 4. The maximum absolute atomic E-state index is 12.5. The molecule has 0 atom stereocenters. The predicted molar refractivity (Wildman–Crippen MR) is 87.4 cm³/mol. The van der Waals surface area contributed by atoms with Gasteiger partial charge in [0.15, 0.2) is 5.78 Å². The van der Waals surface area contributed by atoms with E-state index in [-0.39, 0.29) is 11.7 Å². The highest BCUT2D eigenvalue weighted by Crippen LogP contribution is 2.25. The third-order valence-corrected chi connectivity index (χ3v) is 4.12. The number of benzene rings is 1. The molecule has 1 amide bonds. The smallest absolute Gasteiger partial charge is 0.257 e. The summed E-state index contributed by atoms with van der Waals surface area (Å²) in [6.07, 6.45) is 6.82. The monoisotopic (exact) mass is 321 g/mol. The van der Waals surface area contributed by atoms with Crippen LogP contribution in [0.3, 0.4) is 0 Å². The largest absolute Gasteiger partial charge is 0.364 e. The first-order chi connectivity index (χ1) is 11.7. The zero-order valence-corrected chi connectivity index (χ0v) is 12.8. The summed E-state index contributed by atoms with van der Waals surface area (Å²) in [6.45, 7) is 0. The molecular formula is C17H15N5O2. The average molecular weight is 321 g/mol. The van der Waals surface area contributed by atoms with Crippen LogP contribution in [0, 0.1) is 0 Å². The summed E-state index contributed by atoms with van der Waals surface area (Å²) in [5, 5.41) is 6.88. The van der Waals surface area contributed by atoms with Crippen molar-refractivity contribution in [3.8, 4) is 5.69 Å². The molecular weight excluding hydrogens is 306 g/mol. The van der Waals surface area contributed by atoms with Crippen molar-refractivity contribution in [2.45, 2.75) is 19.3 Å². The molecule has 24 heavy (non-hydrogen) atoms. The van der Waals surface area contributed by atoms with Gasteiger partial charge in [-0.05, 0) is 37.1 Å². The Morgan fingerprint density at radius 2 is 2.04 bits per heavy atom. The van der Waals surface area contributed by atoms with Crippen molar-refractivity contribution in [1.82, 2.24) is 19.7 Å². The molecule has 3 aromatic rings. The molecule has 2 aromatic heterocycles. The fourth-order valence-electron chi connectivity index (χ4n) is 2.95. The second-order valence-corrected chi connectivity index (χ2v) is 5.67. The third kappa shape index (κ3) is 2.50. The Kier molecular flexibility index (Phi) is 3.45. The number of H-pyrrole nitrogens is 1. The van der Waals surface area contributed by atoms with E-state index in [1.165, 1.54) is 6.33 Å². The summed E-state index contributed by atoms with van der Waals surface area (Å²) in [4.78, 5) is 31.5. The van der Waals surface area contributed by atoms with E-state index in [1.807, 2.05) is 12.1 Å². The van der Waals surface area contributed by atoms with Gasteiger partial charge < -0.3 is 10.3 Å². The third-order valence-electron chi connectivity index (χ3n) is 4.12. The van der Waals surface area contributed by atoms with Crippen LogP contribution in [-0.4, -0.2) is 31.4 Å². The zero-order chi connectivity index (χ0) is 16.5. The van der Waals surface area contributed by atoms with E-state index in [9.17, 15) is 9.59 Å². The summed E-state index contributed by atoms with van der Waals surface area (Å²) < 4.78 is 1.63. The molecule has 0 radical (unpaired) electrons. The molecule has 1 aromatic carbocycles. The fourth-order valence-corrected chi connectivity index (χ4v) is 2.95. The first kappa shape index (κ1) is 14.4. The number of rotatable bonds is 3. The van der Waals surface area contributed by atoms with Crippen molar-refractivity contribution in [2.24, 2.45) is 0 Å². The molecule has 0 spiro atoms. The number of aromatic amines is 1. The SMILES string of the molecule is O=C(Nc1ccc(-n2cncn2)cc1)c1c[nH]c2c1C(=O)CCC2. The predicted octanol–water partition coefficient (Wildman–Crippen LogP) is 2.37. The first-order valence-corrected chi connectivity index (χ1v) is 7.72. The maximum atomic E-state index is 12.5. The van der Waals surface area contributed by atoms with Crippen LogP contribution in [0.2, 0.25) is 0 Å². The van der Waals surface area contributed by atoms with Crippen molar-refractivity contribution in [3.63, 3.8) is 0 Å². The van der Waals surface area contributed by atoms with Gasteiger partial charge in [0.1, 0.15) is 12.7 Å². The van der Waals surface area contributed by atoms with Crippen LogP contribution in [0.25, 0.3) is 5.69 Å². The lowest BCUT2D eigenvalue weighted by Crippen LogP contribution is -2.17. The Balaban J connectivity index is 1.55. The van der Waals surface area contributed by atoms with Gasteiger partial charge in [-0.2, -0.15) is 5.10 Å². The van der Waals surface area contributed by atoms with E-state index < -0.39 is 0 Å². The van der Waals surface area contributed by atoms with Gasteiger partial charge in [0.2, 0.25) is 0 Å². The van der Waals surface area contributed by atoms with E-state index in [2.05, 4.69) is 20.4 Å². The molecule has 2 N–H and O–H groups in total. The summed E-state index contributed by atoms with van der Waals surface area (Å²) in [5.41, 5.74) is 3.31. The number of fused-ring (bicyclic) bond motifs is 1. The number of amides is 1. The number of ketones is 1. The quantitative estimate of drug-likeness (QED) is 0.774. The molecule has 7 heteroatoms. The topological polar surface area (TPSA) is 92.7 Å². The van der Waals surface area contributed by atoms with E-state index in [0.29, 0.717) is 23.2 Å². The van der Waals surface area contributed by atoms with Gasteiger partial charge in [0.05, 0.1) is 16.8 Å². The summed E-state index contributed by atoms with van der Waals surface area (Å²) >= 11 is 0. The van der Waals surface area contributed by atoms with Crippen LogP contribution in [-0.2, 0) is 6.42 Å². The lowest BCUT2D eigenvalue weighted by atomic mass is 9.93. The number of nitrogens with zero attached hydrogens (tertiary/aromatic N) is 3. The van der Waals surface area contributed by atoms with Crippen LogP contribution < -0.4 is 5.32 Å². The Bertz CT molecular complexity index is 894. The van der Waals surface area contributed by atoms with Crippen LogP contribution >= 0.6 is 0 Å². The maximum Gasteiger partial charge on any atom is 0.257 e. The van der Waals surface area contributed by atoms with Crippen molar-refractivity contribution >= 4 is 17.4 Å². The Hall–Kier alpha value is -3.22. The Labute approximate surface area is 137 Å². The lowest BCUT2D eigenvalue weighted by molar-refractivity contribution is 0.0956. The van der Waals surface area contributed by atoms with Gasteiger partial charge in [-0.15, -0.1) is 0 Å². The molecule has 0 saturated carbocycles. The zero-order valence-electron chi connectivity index (χ0n) is 12.8. The van der Waals surface area contributed by atoms with Crippen LogP contribution in [0.15, 0.2) is 43.1 Å². The first-order valence-electron chi connectivity index (χ1n) is 7.72. The van der Waals surface area contributed by atoms with Crippen LogP contribution in [0.1, 0.15) is 39.3 Å². The molecule has 0 bridgehead atoms. The van der Waals surface area contributed by atoms with Gasteiger partial charge in [0, 0.05) is 24.0 Å². The summed E-state index contributed by atoms with van der Waals surface area (Å²) in [5.74, 6) is -0.250. The van der Waals surface area contributed by atoms with Crippen molar-refractivity contribution in [2.75, 3.05) is 5.32 Å². The molecule has 0 aliphatic heterocycles. The number of aryl methyl sites for hydroxylation is 1. The van der Waals surface area contributed by atoms with E-state index in [1.54, 1.807) is 29.3 Å². The number of hydrogen-bond donors (Lipinski definition) is 2. The minimum atomic E-state index is -0.281. The van der Waals surface area contributed by atoms with Crippen LogP contribution in [0.5, 0.6) is 0 Å². The van der Waals surface area contributed by atoms with E-state index in [0.717, 1.165) is 24.2 Å². The molecule has 120 valence electrons. The van der Waals surface area contributed by atoms with Gasteiger partial charge in [-0.25, -0.2) is 9.67 Å². The van der Waals surface area contributed by atoms with E-state index >= 15 is 0 Å². The van der Waals surface area contributed by atoms with Crippen LogP contribution in [0.4, 0.5) is 5.69 Å². The fraction of sp³-hybridized carbons (Fsp3) is 0.176. The lowest BCUT2D eigenvalue weighted by Gasteiger charge is -2.12. The number of anilines is 1. The normalized spacial score (nSPS) is 13.6. The average Bonchev–Trinajstić information content (AvgIpc) is 3.26. The molecule has 0 unspecified atom stereocenters. The Morgan fingerprint density at radius 3 is 2.79 bits per heavy atom. The number of nitrogens with one attached hydrogen (secondary N) is 2. The second kappa shape index (κ2) is 5.77. The number of carbonyl (C=O) groups is 2. The number of hydrogen-bond acceptors (Lipinski definition) is 4. The van der Waals surface area contributed by atoms with E-state index in [4.69, 9.17) is 0 Å². The second-order valence-electron chi connectivity index (χ2n) is 5.67. The molecule has 0 fully saturated rings. The summed E-state index contributed by atoms with van der Waals surface area (Å²) in [6, 6.07) is 7.25. The minimum Gasteiger partial charge on any atom is -0.364 e. The molecule has 4 rings (SSSR count). The van der Waals surface area contributed by atoms with Gasteiger partial charge in [0.25, 0.3) is 5.91 Å². The molecule has 1 aliphatic carbocycles. The highest BCUT2D eigenvalue weighted by Gasteiger charge is 2.25. The highest BCUT2D eigenvalue weighted by molar-refractivity contribution is 6.13. The highest BCUT2D eigenvalue weighted by atomic mass is 16.2. The molecule has 1 aliphatic rings.